The van der Waals surface area contributed by atoms with Gasteiger partial charge in [0.15, 0.2) is 11.5 Å². The number of rotatable bonds is 4. The van der Waals surface area contributed by atoms with Gasteiger partial charge in [0.25, 0.3) is 0 Å². The number of ether oxygens (including phenoxy) is 2. The summed E-state index contributed by atoms with van der Waals surface area (Å²) < 4.78 is 12.0. The fourth-order valence-corrected chi connectivity index (χ4v) is 1.72. The molecule has 0 N–H and O–H groups in total. The van der Waals surface area contributed by atoms with Crippen LogP contribution in [0.4, 0.5) is 0 Å². The normalized spacial score (nSPS) is 15.8. The molecule has 2 rings (SSSR count). The molecular weight excluding hydrogens is 212 g/mol. The van der Waals surface area contributed by atoms with E-state index >= 15 is 0 Å². The first kappa shape index (κ1) is 12.3. The molecule has 1 fully saturated rings. The van der Waals surface area contributed by atoms with Crippen molar-refractivity contribution in [3.63, 3.8) is 0 Å². The molecule has 1 saturated carbocycles. The molecule has 0 saturated heterocycles. The molecule has 17 heavy (non-hydrogen) atoms. The quantitative estimate of drug-likeness (QED) is 0.785. The third-order valence-corrected chi connectivity index (χ3v) is 2.67. The summed E-state index contributed by atoms with van der Waals surface area (Å²) in [5, 5.41) is 0. The molecule has 1 aliphatic carbocycles. The van der Waals surface area contributed by atoms with Crippen LogP contribution in [0, 0.1) is 0 Å². The van der Waals surface area contributed by atoms with Crippen LogP contribution in [0.3, 0.4) is 0 Å². The SMILES string of the molecule is CCc1cccc(OC2CC2)c1OC(C)(C)C. The first-order chi connectivity index (χ1) is 7.99. The van der Waals surface area contributed by atoms with E-state index in [4.69, 9.17) is 9.47 Å². The van der Waals surface area contributed by atoms with E-state index in [1.165, 1.54) is 18.4 Å². The zero-order valence-electron chi connectivity index (χ0n) is 11.2. The molecule has 2 heteroatoms. The number of aryl methyl sites for hydroxylation is 1. The summed E-state index contributed by atoms with van der Waals surface area (Å²) in [6, 6.07) is 6.17. The summed E-state index contributed by atoms with van der Waals surface area (Å²) in [6.45, 7) is 8.35. The zero-order valence-corrected chi connectivity index (χ0v) is 11.2. The van der Waals surface area contributed by atoms with Crippen molar-refractivity contribution in [2.45, 2.75) is 58.7 Å². The monoisotopic (exact) mass is 234 g/mol. The van der Waals surface area contributed by atoms with Crippen LogP contribution in [-0.2, 0) is 6.42 Å². The molecule has 0 atom stereocenters. The van der Waals surface area contributed by atoms with Crippen molar-refractivity contribution in [3.8, 4) is 11.5 Å². The van der Waals surface area contributed by atoms with Crippen LogP contribution in [0.1, 0.15) is 46.1 Å². The van der Waals surface area contributed by atoms with Crippen molar-refractivity contribution in [1.82, 2.24) is 0 Å². The lowest BCUT2D eigenvalue weighted by molar-refractivity contribution is 0.121. The largest absolute Gasteiger partial charge is 0.487 e. The fraction of sp³-hybridized carbons (Fsp3) is 0.600. The summed E-state index contributed by atoms with van der Waals surface area (Å²) in [5.74, 6) is 1.83. The molecule has 1 aromatic rings. The Kier molecular flexibility index (Phi) is 3.32. The summed E-state index contributed by atoms with van der Waals surface area (Å²) in [5.41, 5.74) is 1.03. The smallest absolute Gasteiger partial charge is 0.165 e. The average Bonchev–Trinajstić information content (AvgIpc) is 3.02. The van der Waals surface area contributed by atoms with Gasteiger partial charge in [-0.15, -0.1) is 0 Å². The Morgan fingerprint density at radius 3 is 2.47 bits per heavy atom. The molecular formula is C15H22O2. The maximum absolute atomic E-state index is 6.06. The second-order valence-corrected chi connectivity index (χ2v) is 5.63. The van der Waals surface area contributed by atoms with Crippen LogP contribution in [0.2, 0.25) is 0 Å². The standard InChI is InChI=1S/C15H22O2/c1-5-11-7-6-8-13(16-12-9-10-12)14(11)17-15(2,3)4/h6-8,12H,5,9-10H2,1-4H3. The number of benzene rings is 1. The number of hydrogen-bond acceptors (Lipinski definition) is 2. The molecule has 0 heterocycles. The molecule has 1 aliphatic rings. The van der Waals surface area contributed by atoms with Gasteiger partial charge in [-0.05, 0) is 51.7 Å². The second-order valence-electron chi connectivity index (χ2n) is 5.63. The maximum Gasteiger partial charge on any atom is 0.165 e. The van der Waals surface area contributed by atoms with Crippen molar-refractivity contribution in [3.05, 3.63) is 23.8 Å². The molecule has 0 spiro atoms. The van der Waals surface area contributed by atoms with E-state index in [-0.39, 0.29) is 5.60 Å². The Labute approximate surface area is 104 Å². The number of para-hydroxylation sites is 1. The Morgan fingerprint density at radius 2 is 1.94 bits per heavy atom. The van der Waals surface area contributed by atoms with E-state index in [1.807, 2.05) is 12.1 Å². The predicted molar refractivity (Wildman–Crippen MR) is 69.9 cm³/mol. The van der Waals surface area contributed by atoms with E-state index < -0.39 is 0 Å². The topological polar surface area (TPSA) is 18.5 Å². The van der Waals surface area contributed by atoms with E-state index in [0.717, 1.165) is 17.9 Å². The molecule has 94 valence electrons. The maximum atomic E-state index is 6.06. The average molecular weight is 234 g/mol. The highest BCUT2D eigenvalue weighted by molar-refractivity contribution is 5.47. The van der Waals surface area contributed by atoms with E-state index in [1.54, 1.807) is 0 Å². The van der Waals surface area contributed by atoms with Crippen molar-refractivity contribution in [2.24, 2.45) is 0 Å². The van der Waals surface area contributed by atoms with Crippen molar-refractivity contribution >= 4 is 0 Å². The third kappa shape index (κ3) is 3.39. The minimum Gasteiger partial charge on any atom is -0.487 e. The van der Waals surface area contributed by atoms with Gasteiger partial charge in [-0.2, -0.15) is 0 Å². The van der Waals surface area contributed by atoms with Crippen LogP contribution in [-0.4, -0.2) is 11.7 Å². The number of hydrogen-bond donors (Lipinski definition) is 0. The first-order valence-corrected chi connectivity index (χ1v) is 6.47. The Morgan fingerprint density at radius 1 is 1.24 bits per heavy atom. The molecule has 0 unspecified atom stereocenters. The lowest BCUT2D eigenvalue weighted by Crippen LogP contribution is -2.24. The third-order valence-electron chi connectivity index (χ3n) is 2.67. The van der Waals surface area contributed by atoms with Crippen LogP contribution < -0.4 is 9.47 Å². The minimum atomic E-state index is -0.188. The zero-order chi connectivity index (χ0) is 12.5. The first-order valence-electron chi connectivity index (χ1n) is 6.47. The van der Waals surface area contributed by atoms with E-state index in [0.29, 0.717) is 6.10 Å². The van der Waals surface area contributed by atoms with Gasteiger partial charge < -0.3 is 9.47 Å². The Hall–Kier alpha value is -1.18. The molecule has 0 aliphatic heterocycles. The fourth-order valence-electron chi connectivity index (χ4n) is 1.72. The van der Waals surface area contributed by atoms with Crippen LogP contribution in [0.5, 0.6) is 11.5 Å². The lowest BCUT2D eigenvalue weighted by Gasteiger charge is -2.25. The molecule has 0 radical (unpaired) electrons. The summed E-state index contributed by atoms with van der Waals surface area (Å²) in [7, 11) is 0. The van der Waals surface area contributed by atoms with Crippen LogP contribution in [0.25, 0.3) is 0 Å². The minimum absolute atomic E-state index is 0.188. The van der Waals surface area contributed by atoms with Gasteiger partial charge in [-0.1, -0.05) is 19.1 Å². The summed E-state index contributed by atoms with van der Waals surface area (Å²) in [6.07, 6.45) is 3.72. The van der Waals surface area contributed by atoms with Gasteiger partial charge in [0, 0.05) is 0 Å². The summed E-state index contributed by atoms with van der Waals surface area (Å²) >= 11 is 0. The summed E-state index contributed by atoms with van der Waals surface area (Å²) in [4.78, 5) is 0. The lowest BCUT2D eigenvalue weighted by atomic mass is 10.1. The van der Waals surface area contributed by atoms with Gasteiger partial charge >= 0.3 is 0 Å². The van der Waals surface area contributed by atoms with E-state index in [2.05, 4.69) is 33.8 Å². The van der Waals surface area contributed by atoms with Gasteiger partial charge in [0.05, 0.1) is 6.10 Å². The highest BCUT2D eigenvalue weighted by Gasteiger charge is 2.26. The Bertz CT molecular complexity index is 386. The van der Waals surface area contributed by atoms with Crippen molar-refractivity contribution < 1.29 is 9.47 Å². The van der Waals surface area contributed by atoms with Crippen LogP contribution in [0.15, 0.2) is 18.2 Å². The highest BCUT2D eigenvalue weighted by atomic mass is 16.5. The molecule has 2 nitrogen and oxygen atoms in total. The molecule has 0 bridgehead atoms. The van der Waals surface area contributed by atoms with E-state index in [9.17, 15) is 0 Å². The van der Waals surface area contributed by atoms with Crippen molar-refractivity contribution in [1.29, 1.82) is 0 Å². The highest BCUT2D eigenvalue weighted by Crippen LogP contribution is 2.38. The van der Waals surface area contributed by atoms with Crippen LogP contribution >= 0.6 is 0 Å². The molecule has 0 aromatic heterocycles. The van der Waals surface area contributed by atoms with Gasteiger partial charge in [0.1, 0.15) is 5.60 Å². The van der Waals surface area contributed by atoms with Gasteiger partial charge in [-0.3, -0.25) is 0 Å². The van der Waals surface area contributed by atoms with Gasteiger partial charge in [0.2, 0.25) is 0 Å². The Balaban J connectivity index is 2.28. The second kappa shape index (κ2) is 4.59. The molecule has 1 aromatic carbocycles. The van der Waals surface area contributed by atoms with Gasteiger partial charge in [-0.25, -0.2) is 0 Å². The van der Waals surface area contributed by atoms with Crippen molar-refractivity contribution in [2.75, 3.05) is 0 Å². The predicted octanol–water partition coefficient (Wildman–Crippen LogP) is 3.97. The molecule has 0 amide bonds.